The van der Waals surface area contributed by atoms with Gasteiger partial charge in [-0.05, 0) is 5.41 Å². The van der Waals surface area contributed by atoms with E-state index in [1.165, 1.54) is 0 Å². The van der Waals surface area contributed by atoms with Crippen LogP contribution in [0.15, 0.2) is 18.9 Å². The Morgan fingerprint density at radius 3 is 2.79 bits per heavy atom. The van der Waals surface area contributed by atoms with Crippen LogP contribution in [0, 0.1) is 5.41 Å². The fourth-order valence-corrected chi connectivity index (χ4v) is 1.44. The number of hydrogen-bond acceptors (Lipinski definition) is 3. The van der Waals surface area contributed by atoms with Gasteiger partial charge >= 0.3 is 0 Å². The summed E-state index contributed by atoms with van der Waals surface area (Å²) in [4.78, 5) is 12.4. The van der Waals surface area contributed by atoms with Crippen molar-refractivity contribution in [3.8, 4) is 0 Å². The summed E-state index contributed by atoms with van der Waals surface area (Å²) >= 11 is 0. The molecular weight excluding hydrogens is 176 g/mol. The van der Waals surface area contributed by atoms with Crippen LogP contribution in [0.4, 0.5) is 0 Å². The maximum Gasteiger partial charge on any atom is 0.163 e. The van der Waals surface area contributed by atoms with Gasteiger partial charge in [0.2, 0.25) is 0 Å². The lowest BCUT2D eigenvalue weighted by Gasteiger charge is -2.18. The predicted molar refractivity (Wildman–Crippen MR) is 54.8 cm³/mol. The van der Waals surface area contributed by atoms with E-state index in [9.17, 15) is 0 Å². The molecule has 0 atom stereocenters. The van der Waals surface area contributed by atoms with E-state index in [0.717, 1.165) is 17.7 Å². The maximum atomic E-state index is 4.24. The lowest BCUT2D eigenvalue weighted by Crippen LogP contribution is -2.14. The molecule has 0 fully saturated rings. The number of aromatic nitrogens is 4. The van der Waals surface area contributed by atoms with Crippen molar-refractivity contribution in [3.05, 3.63) is 18.9 Å². The zero-order valence-corrected chi connectivity index (χ0v) is 8.73. The maximum absolute atomic E-state index is 4.24. The second-order valence-electron chi connectivity index (χ2n) is 4.66. The molecule has 0 unspecified atom stereocenters. The Bertz CT molecular complexity index is 439. The highest BCUT2D eigenvalue weighted by atomic mass is 15.1. The molecule has 2 heterocycles. The predicted octanol–water partition coefficient (Wildman–Crippen LogP) is 1.87. The molecule has 0 aliphatic heterocycles. The average molecular weight is 190 g/mol. The van der Waals surface area contributed by atoms with E-state index >= 15 is 0 Å². The van der Waals surface area contributed by atoms with Gasteiger partial charge in [0.1, 0.15) is 11.8 Å². The lowest BCUT2D eigenvalue weighted by atomic mass is 9.97. The van der Waals surface area contributed by atoms with Crippen molar-refractivity contribution in [3.63, 3.8) is 0 Å². The molecule has 0 aliphatic rings. The average Bonchev–Trinajstić information content (AvgIpc) is 2.47. The van der Waals surface area contributed by atoms with Gasteiger partial charge in [0.15, 0.2) is 5.65 Å². The molecule has 4 heteroatoms. The van der Waals surface area contributed by atoms with E-state index in [1.807, 2.05) is 6.33 Å². The Hall–Kier alpha value is -1.45. The molecule has 0 saturated carbocycles. The number of fused-ring (bicyclic) bond motifs is 1. The summed E-state index contributed by atoms with van der Waals surface area (Å²) in [5.41, 5.74) is 2.00. The molecule has 2 aromatic heterocycles. The quantitative estimate of drug-likeness (QED) is 0.689. The third-order valence-electron chi connectivity index (χ3n) is 1.93. The second-order valence-corrected chi connectivity index (χ2v) is 4.66. The Morgan fingerprint density at radius 1 is 1.29 bits per heavy atom. The standard InChI is InChI=1S/C10H14N4/c1-10(2,3)5-14-7-13-8-4-11-6-12-9(8)14/h4,6-7H,5H2,1-3H3. The number of rotatable bonds is 1. The van der Waals surface area contributed by atoms with Crippen LogP contribution in [0.5, 0.6) is 0 Å². The fourth-order valence-electron chi connectivity index (χ4n) is 1.44. The zero-order chi connectivity index (χ0) is 10.2. The van der Waals surface area contributed by atoms with Crippen molar-refractivity contribution in [2.75, 3.05) is 0 Å². The first kappa shape index (κ1) is 9.12. The van der Waals surface area contributed by atoms with Crippen LogP contribution in [-0.4, -0.2) is 19.5 Å². The fraction of sp³-hybridized carbons (Fsp3) is 0.500. The molecule has 0 saturated heterocycles. The van der Waals surface area contributed by atoms with Gasteiger partial charge in [-0.15, -0.1) is 0 Å². The summed E-state index contributed by atoms with van der Waals surface area (Å²) in [6, 6.07) is 0. The molecule has 4 nitrogen and oxygen atoms in total. The van der Waals surface area contributed by atoms with Crippen LogP contribution in [0.2, 0.25) is 0 Å². The summed E-state index contributed by atoms with van der Waals surface area (Å²) in [6.45, 7) is 7.50. The van der Waals surface area contributed by atoms with Crippen LogP contribution in [-0.2, 0) is 6.54 Å². The Kier molecular flexibility index (Phi) is 1.98. The minimum Gasteiger partial charge on any atom is -0.315 e. The largest absolute Gasteiger partial charge is 0.315 e. The molecule has 2 rings (SSSR count). The number of imidazole rings is 1. The van der Waals surface area contributed by atoms with Gasteiger partial charge in [0, 0.05) is 6.54 Å². The number of hydrogen-bond donors (Lipinski definition) is 0. The first-order valence-electron chi connectivity index (χ1n) is 4.67. The minimum absolute atomic E-state index is 0.235. The molecule has 0 aliphatic carbocycles. The summed E-state index contributed by atoms with van der Waals surface area (Å²) < 4.78 is 2.07. The van der Waals surface area contributed by atoms with Gasteiger partial charge in [-0.3, -0.25) is 0 Å². The zero-order valence-electron chi connectivity index (χ0n) is 8.73. The van der Waals surface area contributed by atoms with Crippen molar-refractivity contribution in [2.24, 2.45) is 5.41 Å². The van der Waals surface area contributed by atoms with Crippen molar-refractivity contribution in [1.29, 1.82) is 0 Å². The SMILES string of the molecule is CC(C)(C)Cn1cnc2cncnc21. The highest BCUT2D eigenvalue weighted by molar-refractivity contribution is 5.68. The highest BCUT2D eigenvalue weighted by Gasteiger charge is 2.13. The molecule has 0 amide bonds. The van der Waals surface area contributed by atoms with E-state index in [0.29, 0.717) is 0 Å². The van der Waals surface area contributed by atoms with Crippen molar-refractivity contribution >= 4 is 11.2 Å². The normalized spacial score (nSPS) is 12.2. The van der Waals surface area contributed by atoms with Gasteiger partial charge in [0.05, 0.1) is 12.5 Å². The molecule has 0 bridgehead atoms. The van der Waals surface area contributed by atoms with Crippen molar-refractivity contribution < 1.29 is 0 Å². The van der Waals surface area contributed by atoms with E-state index in [-0.39, 0.29) is 5.41 Å². The second kappa shape index (κ2) is 3.04. The van der Waals surface area contributed by atoms with Gasteiger partial charge in [0.25, 0.3) is 0 Å². The van der Waals surface area contributed by atoms with Crippen LogP contribution >= 0.6 is 0 Å². The summed E-state index contributed by atoms with van der Waals surface area (Å²) in [5.74, 6) is 0. The summed E-state index contributed by atoms with van der Waals surface area (Å²) in [7, 11) is 0. The minimum atomic E-state index is 0.235. The molecule has 0 spiro atoms. The third-order valence-corrected chi connectivity index (χ3v) is 1.93. The smallest absolute Gasteiger partial charge is 0.163 e. The van der Waals surface area contributed by atoms with E-state index in [1.54, 1.807) is 12.5 Å². The van der Waals surface area contributed by atoms with E-state index < -0.39 is 0 Å². The molecule has 0 aromatic carbocycles. The topological polar surface area (TPSA) is 43.6 Å². The van der Waals surface area contributed by atoms with Crippen LogP contribution in [0.3, 0.4) is 0 Å². The van der Waals surface area contributed by atoms with Gasteiger partial charge in [-0.1, -0.05) is 20.8 Å². The first-order valence-corrected chi connectivity index (χ1v) is 4.67. The van der Waals surface area contributed by atoms with Crippen molar-refractivity contribution in [1.82, 2.24) is 19.5 Å². The van der Waals surface area contributed by atoms with Gasteiger partial charge < -0.3 is 4.57 Å². The van der Waals surface area contributed by atoms with Crippen LogP contribution in [0.25, 0.3) is 11.2 Å². The Labute approximate surface area is 83.0 Å². The van der Waals surface area contributed by atoms with E-state index in [4.69, 9.17) is 0 Å². The monoisotopic (exact) mass is 190 g/mol. The summed E-state index contributed by atoms with van der Waals surface area (Å²) in [6.07, 6.45) is 5.12. The molecule has 0 N–H and O–H groups in total. The first-order chi connectivity index (χ1) is 6.56. The molecular formula is C10H14N4. The Balaban J connectivity index is 2.44. The summed E-state index contributed by atoms with van der Waals surface area (Å²) in [5, 5.41) is 0. The lowest BCUT2D eigenvalue weighted by molar-refractivity contribution is 0.347. The van der Waals surface area contributed by atoms with Crippen molar-refractivity contribution in [2.45, 2.75) is 27.3 Å². The Morgan fingerprint density at radius 2 is 2.07 bits per heavy atom. The van der Waals surface area contributed by atoms with Crippen LogP contribution < -0.4 is 0 Å². The molecule has 0 radical (unpaired) electrons. The molecule has 2 aromatic rings. The van der Waals surface area contributed by atoms with Gasteiger partial charge in [-0.25, -0.2) is 15.0 Å². The number of nitrogens with zero attached hydrogens (tertiary/aromatic N) is 4. The third kappa shape index (κ3) is 1.73. The molecule has 14 heavy (non-hydrogen) atoms. The molecule has 74 valence electrons. The van der Waals surface area contributed by atoms with E-state index in [2.05, 4.69) is 40.3 Å². The van der Waals surface area contributed by atoms with Crippen LogP contribution in [0.1, 0.15) is 20.8 Å². The highest BCUT2D eigenvalue weighted by Crippen LogP contribution is 2.18. The van der Waals surface area contributed by atoms with Gasteiger partial charge in [-0.2, -0.15) is 0 Å².